The van der Waals surface area contributed by atoms with Crippen LogP contribution in [-0.4, -0.2) is 32.3 Å². The second kappa shape index (κ2) is 6.01. The number of esters is 1. The third-order valence-corrected chi connectivity index (χ3v) is 3.10. The SMILES string of the molecule is CCOC(=O)c1cnn(-c2cc(C)nc(C)c2C(N)=S)c1. The molecule has 2 aromatic heterocycles. The second-order valence-corrected chi connectivity index (χ2v) is 4.94. The normalized spacial score (nSPS) is 10.4. The third kappa shape index (κ3) is 3.08. The van der Waals surface area contributed by atoms with Crippen LogP contribution >= 0.6 is 12.2 Å². The van der Waals surface area contributed by atoms with E-state index in [1.165, 1.54) is 6.20 Å². The van der Waals surface area contributed by atoms with E-state index in [0.717, 1.165) is 11.4 Å². The number of hydrogen-bond donors (Lipinski definition) is 1. The molecule has 0 aliphatic carbocycles. The summed E-state index contributed by atoms with van der Waals surface area (Å²) in [5.41, 5.74) is 9.04. The van der Waals surface area contributed by atoms with Crippen LogP contribution in [-0.2, 0) is 4.74 Å². The molecule has 0 aliphatic rings. The number of thiocarbonyl (C=S) groups is 1. The Morgan fingerprint density at radius 1 is 1.48 bits per heavy atom. The summed E-state index contributed by atoms with van der Waals surface area (Å²) in [7, 11) is 0. The summed E-state index contributed by atoms with van der Waals surface area (Å²) >= 11 is 5.09. The number of nitrogens with zero attached hydrogens (tertiary/aromatic N) is 3. The minimum atomic E-state index is -0.414. The summed E-state index contributed by atoms with van der Waals surface area (Å²) in [4.78, 5) is 16.3. The Kier molecular flexibility index (Phi) is 4.32. The molecule has 21 heavy (non-hydrogen) atoms. The maximum atomic E-state index is 11.7. The van der Waals surface area contributed by atoms with Crippen molar-refractivity contribution in [1.82, 2.24) is 14.8 Å². The number of hydrogen-bond acceptors (Lipinski definition) is 5. The summed E-state index contributed by atoms with van der Waals surface area (Å²) in [6.45, 7) is 5.77. The Morgan fingerprint density at radius 3 is 2.81 bits per heavy atom. The molecule has 6 nitrogen and oxygen atoms in total. The average Bonchev–Trinajstić information content (AvgIpc) is 2.86. The molecule has 2 rings (SSSR count). The van der Waals surface area contributed by atoms with Crippen molar-refractivity contribution in [2.75, 3.05) is 6.61 Å². The highest BCUT2D eigenvalue weighted by Gasteiger charge is 2.16. The van der Waals surface area contributed by atoms with Crippen molar-refractivity contribution in [2.24, 2.45) is 5.73 Å². The van der Waals surface area contributed by atoms with Gasteiger partial charge in [-0.05, 0) is 26.8 Å². The number of aryl methyl sites for hydroxylation is 2. The van der Waals surface area contributed by atoms with Crippen molar-refractivity contribution >= 4 is 23.2 Å². The average molecular weight is 304 g/mol. The maximum absolute atomic E-state index is 11.7. The molecule has 2 N–H and O–H groups in total. The first-order valence-electron chi connectivity index (χ1n) is 6.44. The molecule has 110 valence electrons. The van der Waals surface area contributed by atoms with Gasteiger partial charge in [0.1, 0.15) is 4.99 Å². The van der Waals surface area contributed by atoms with Crippen LogP contribution in [0.25, 0.3) is 5.69 Å². The van der Waals surface area contributed by atoms with Gasteiger partial charge in [0.25, 0.3) is 0 Å². The van der Waals surface area contributed by atoms with Crippen LogP contribution in [0.1, 0.15) is 34.2 Å². The van der Waals surface area contributed by atoms with E-state index in [1.54, 1.807) is 17.8 Å². The van der Waals surface area contributed by atoms with Crippen molar-refractivity contribution < 1.29 is 9.53 Å². The van der Waals surface area contributed by atoms with E-state index in [2.05, 4.69) is 10.1 Å². The van der Waals surface area contributed by atoms with Crippen molar-refractivity contribution in [1.29, 1.82) is 0 Å². The summed E-state index contributed by atoms with van der Waals surface area (Å²) in [6, 6.07) is 1.82. The lowest BCUT2D eigenvalue weighted by molar-refractivity contribution is 0.0526. The van der Waals surface area contributed by atoms with Gasteiger partial charge in [-0.3, -0.25) is 4.98 Å². The predicted octanol–water partition coefficient (Wildman–Crippen LogP) is 1.70. The lowest BCUT2D eigenvalue weighted by atomic mass is 10.1. The predicted molar refractivity (Wildman–Crippen MR) is 82.7 cm³/mol. The smallest absolute Gasteiger partial charge is 0.341 e. The number of carbonyl (C=O) groups excluding carboxylic acids is 1. The number of pyridine rings is 1. The molecule has 0 aromatic carbocycles. The Bertz CT molecular complexity index is 709. The molecule has 7 heteroatoms. The highest BCUT2D eigenvalue weighted by Crippen LogP contribution is 2.19. The van der Waals surface area contributed by atoms with Gasteiger partial charge in [0, 0.05) is 17.6 Å². The largest absolute Gasteiger partial charge is 0.462 e. The van der Waals surface area contributed by atoms with Gasteiger partial charge in [0.15, 0.2) is 0 Å². The Balaban J connectivity index is 2.52. The Morgan fingerprint density at radius 2 is 2.19 bits per heavy atom. The van der Waals surface area contributed by atoms with Gasteiger partial charge in [0.2, 0.25) is 0 Å². The van der Waals surface area contributed by atoms with Crippen molar-refractivity contribution in [2.45, 2.75) is 20.8 Å². The third-order valence-electron chi connectivity index (χ3n) is 2.89. The summed E-state index contributed by atoms with van der Waals surface area (Å²) in [5, 5.41) is 4.19. The standard InChI is InChI=1S/C14H16N4O2S/c1-4-20-14(19)10-6-16-18(7-10)11-5-8(2)17-9(3)12(11)13(15)21/h5-7H,4H2,1-3H3,(H2,15,21). The van der Waals surface area contributed by atoms with Crippen LogP contribution in [0.15, 0.2) is 18.5 Å². The summed E-state index contributed by atoms with van der Waals surface area (Å²) in [6.07, 6.45) is 3.04. The van der Waals surface area contributed by atoms with Gasteiger partial charge in [-0.15, -0.1) is 0 Å². The minimum Gasteiger partial charge on any atom is -0.462 e. The van der Waals surface area contributed by atoms with Gasteiger partial charge in [0.05, 0.1) is 29.6 Å². The molecule has 0 bridgehead atoms. The summed E-state index contributed by atoms with van der Waals surface area (Å²) in [5.74, 6) is -0.414. The zero-order valence-corrected chi connectivity index (χ0v) is 12.9. The first kappa shape index (κ1) is 15.1. The molecule has 0 aliphatic heterocycles. The highest BCUT2D eigenvalue weighted by atomic mass is 32.1. The van der Waals surface area contributed by atoms with Crippen LogP contribution in [0.5, 0.6) is 0 Å². The van der Waals surface area contributed by atoms with Gasteiger partial charge >= 0.3 is 5.97 Å². The minimum absolute atomic E-state index is 0.239. The number of ether oxygens (including phenoxy) is 1. The molecule has 2 heterocycles. The monoisotopic (exact) mass is 304 g/mol. The number of aromatic nitrogens is 3. The van der Waals surface area contributed by atoms with Crippen LogP contribution in [0.2, 0.25) is 0 Å². The molecule has 0 fully saturated rings. The van der Waals surface area contributed by atoms with Crippen LogP contribution < -0.4 is 5.73 Å². The first-order chi connectivity index (χ1) is 9.93. The van der Waals surface area contributed by atoms with E-state index >= 15 is 0 Å². The Labute approximate surface area is 127 Å². The van der Waals surface area contributed by atoms with Crippen molar-refractivity contribution in [3.8, 4) is 5.69 Å². The molecule has 0 atom stereocenters. The van der Waals surface area contributed by atoms with Crippen molar-refractivity contribution in [3.05, 3.63) is 41.0 Å². The van der Waals surface area contributed by atoms with Crippen LogP contribution in [0.4, 0.5) is 0 Å². The molecule has 2 aromatic rings. The van der Waals surface area contributed by atoms with E-state index in [1.807, 2.05) is 19.9 Å². The zero-order chi connectivity index (χ0) is 15.6. The number of carbonyl (C=O) groups is 1. The lowest BCUT2D eigenvalue weighted by Gasteiger charge is -2.12. The van der Waals surface area contributed by atoms with Crippen molar-refractivity contribution in [3.63, 3.8) is 0 Å². The molecule has 0 saturated heterocycles. The van der Waals surface area contributed by atoms with Crippen LogP contribution in [0, 0.1) is 13.8 Å². The van der Waals surface area contributed by atoms with E-state index in [-0.39, 0.29) is 4.99 Å². The molecule has 0 amide bonds. The summed E-state index contributed by atoms with van der Waals surface area (Å²) < 4.78 is 6.51. The fourth-order valence-corrected chi connectivity index (χ4v) is 2.32. The second-order valence-electron chi connectivity index (χ2n) is 4.50. The van der Waals surface area contributed by atoms with Gasteiger partial charge in [-0.1, -0.05) is 12.2 Å². The number of nitrogens with two attached hydrogens (primary N) is 1. The zero-order valence-electron chi connectivity index (χ0n) is 12.1. The molecular formula is C14H16N4O2S. The van der Waals surface area contributed by atoms with E-state index in [9.17, 15) is 4.79 Å². The lowest BCUT2D eigenvalue weighted by Crippen LogP contribution is -2.17. The number of rotatable bonds is 4. The van der Waals surface area contributed by atoms with Gasteiger partial charge < -0.3 is 10.5 Å². The van der Waals surface area contributed by atoms with E-state index in [4.69, 9.17) is 22.7 Å². The first-order valence-corrected chi connectivity index (χ1v) is 6.85. The molecule has 0 spiro atoms. The molecular weight excluding hydrogens is 288 g/mol. The van der Waals surface area contributed by atoms with E-state index < -0.39 is 5.97 Å². The quantitative estimate of drug-likeness (QED) is 0.683. The molecule has 0 radical (unpaired) electrons. The fraction of sp³-hybridized carbons (Fsp3) is 0.286. The highest BCUT2D eigenvalue weighted by molar-refractivity contribution is 7.80. The topological polar surface area (TPSA) is 83.0 Å². The van der Waals surface area contributed by atoms with Crippen LogP contribution in [0.3, 0.4) is 0 Å². The van der Waals surface area contributed by atoms with Gasteiger partial charge in [-0.25, -0.2) is 9.48 Å². The fourth-order valence-electron chi connectivity index (χ4n) is 2.07. The molecule has 0 saturated carbocycles. The Hall–Kier alpha value is -2.28. The maximum Gasteiger partial charge on any atom is 0.341 e. The van der Waals surface area contributed by atoms with Gasteiger partial charge in [-0.2, -0.15) is 5.10 Å². The molecule has 0 unspecified atom stereocenters. The van der Waals surface area contributed by atoms with E-state index in [0.29, 0.717) is 23.4 Å².